The van der Waals surface area contributed by atoms with Crippen molar-refractivity contribution in [2.75, 3.05) is 12.3 Å². The van der Waals surface area contributed by atoms with Gasteiger partial charge in [-0.3, -0.25) is 4.79 Å². The monoisotopic (exact) mass is 259 g/mol. The quantitative estimate of drug-likeness (QED) is 0.661. The molecule has 1 rings (SSSR count). The Morgan fingerprint density at radius 1 is 1.47 bits per heavy atom. The molecule has 0 aromatic carbocycles. The molecule has 0 bridgehead atoms. The van der Waals surface area contributed by atoms with Gasteiger partial charge in [-0.05, 0) is 31.1 Å². The maximum atomic E-state index is 11.6. The molecule has 0 saturated heterocycles. The van der Waals surface area contributed by atoms with E-state index in [1.54, 1.807) is 0 Å². The van der Waals surface area contributed by atoms with Crippen molar-refractivity contribution in [2.45, 2.75) is 52.1 Å². The molecule has 0 spiro atoms. The second-order valence-corrected chi connectivity index (χ2v) is 6.85. The van der Waals surface area contributed by atoms with Gasteiger partial charge in [0.1, 0.15) is 0 Å². The molecule has 17 heavy (non-hydrogen) atoms. The van der Waals surface area contributed by atoms with Crippen LogP contribution in [0.1, 0.15) is 46.5 Å². The van der Waals surface area contributed by atoms with E-state index in [1.165, 1.54) is 0 Å². The van der Waals surface area contributed by atoms with Crippen molar-refractivity contribution in [2.24, 2.45) is 11.3 Å². The van der Waals surface area contributed by atoms with Gasteiger partial charge < -0.3 is 10.4 Å². The zero-order chi connectivity index (χ0) is 13.1. The van der Waals surface area contributed by atoms with Gasteiger partial charge in [-0.15, -0.1) is 0 Å². The van der Waals surface area contributed by atoms with Gasteiger partial charge >= 0.3 is 0 Å². The summed E-state index contributed by atoms with van der Waals surface area (Å²) in [6, 6.07) is 0. The molecular weight excluding hydrogens is 234 g/mol. The number of hydrogen-bond acceptors (Lipinski definition) is 3. The van der Waals surface area contributed by atoms with E-state index in [-0.39, 0.29) is 17.2 Å². The van der Waals surface area contributed by atoms with E-state index >= 15 is 0 Å². The summed E-state index contributed by atoms with van der Waals surface area (Å²) in [6.07, 6.45) is 3.02. The van der Waals surface area contributed by atoms with E-state index in [0.717, 1.165) is 12.8 Å². The van der Waals surface area contributed by atoms with Gasteiger partial charge in [0, 0.05) is 18.2 Å². The summed E-state index contributed by atoms with van der Waals surface area (Å²) in [6.45, 7) is 7.13. The highest BCUT2D eigenvalue weighted by atomic mass is 32.1. The van der Waals surface area contributed by atoms with Crippen LogP contribution >= 0.6 is 12.6 Å². The van der Waals surface area contributed by atoms with Crippen molar-refractivity contribution in [3.63, 3.8) is 0 Å². The molecule has 0 unspecified atom stereocenters. The van der Waals surface area contributed by atoms with Crippen molar-refractivity contribution in [1.29, 1.82) is 0 Å². The number of thiol groups is 1. The summed E-state index contributed by atoms with van der Waals surface area (Å²) < 4.78 is 0. The minimum atomic E-state index is -0.601. The first-order valence-electron chi connectivity index (χ1n) is 6.37. The SMILES string of the molecule is CC(C)(C)CCC1(O)CC(C(=O)NCCS)C1. The van der Waals surface area contributed by atoms with E-state index in [1.807, 2.05) is 0 Å². The normalized spacial score (nSPS) is 28.6. The highest BCUT2D eigenvalue weighted by Crippen LogP contribution is 2.43. The highest BCUT2D eigenvalue weighted by molar-refractivity contribution is 7.80. The molecular formula is C13H25NO2S. The number of rotatable bonds is 5. The third kappa shape index (κ3) is 4.88. The zero-order valence-corrected chi connectivity index (χ0v) is 12.0. The van der Waals surface area contributed by atoms with Crippen molar-refractivity contribution < 1.29 is 9.90 Å². The van der Waals surface area contributed by atoms with E-state index in [9.17, 15) is 9.90 Å². The van der Waals surface area contributed by atoms with E-state index < -0.39 is 5.60 Å². The van der Waals surface area contributed by atoms with E-state index in [0.29, 0.717) is 25.1 Å². The number of aliphatic hydroxyl groups is 1. The first kappa shape index (κ1) is 14.8. The lowest BCUT2D eigenvalue weighted by Crippen LogP contribution is -2.50. The highest BCUT2D eigenvalue weighted by Gasteiger charge is 2.45. The predicted molar refractivity (Wildman–Crippen MR) is 73.2 cm³/mol. The molecule has 0 heterocycles. The Hall–Kier alpha value is -0.220. The fraction of sp³-hybridized carbons (Fsp3) is 0.923. The van der Waals surface area contributed by atoms with Gasteiger partial charge in [0.2, 0.25) is 5.91 Å². The van der Waals surface area contributed by atoms with Crippen molar-refractivity contribution >= 4 is 18.5 Å². The van der Waals surface area contributed by atoms with Crippen LogP contribution in [0.2, 0.25) is 0 Å². The third-order valence-electron chi connectivity index (χ3n) is 3.37. The molecule has 0 radical (unpaired) electrons. The van der Waals surface area contributed by atoms with Crippen LogP contribution in [0.25, 0.3) is 0 Å². The predicted octanol–water partition coefficient (Wildman–Crippen LogP) is 2.00. The Bertz CT molecular complexity index is 267. The Labute approximate surface area is 110 Å². The molecule has 3 nitrogen and oxygen atoms in total. The van der Waals surface area contributed by atoms with Gasteiger partial charge in [-0.2, -0.15) is 12.6 Å². The largest absolute Gasteiger partial charge is 0.390 e. The van der Waals surface area contributed by atoms with Crippen LogP contribution in [0, 0.1) is 11.3 Å². The number of amides is 1. The first-order chi connectivity index (χ1) is 7.76. The lowest BCUT2D eigenvalue weighted by molar-refractivity contribution is -0.142. The molecule has 100 valence electrons. The number of carbonyl (C=O) groups is 1. The number of nitrogens with one attached hydrogen (secondary N) is 1. The summed E-state index contributed by atoms with van der Waals surface area (Å²) in [5, 5.41) is 13.0. The molecule has 1 fully saturated rings. The number of hydrogen-bond donors (Lipinski definition) is 3. The van der Waals surface area contributed by atoms with Crippen LogP contribution < -0.4 is 5.32 Å². The van der Waals surface area contributed by atoms with Crippen LogP contribution in [0.5, 0.6) is 0 Å². The summed E-state index contributed by atoms with van der Waals surface area (Å²) in [5.74, 6) is 0.728. The molecule has 1 aliphatic rings. The molecule has 0 atom stereocenters. The van der Waals surface area contributed by atoms with Gasteiger partial charge in [0.05, 0.1) is 5.60 Å². The summed E-state index contributed by atoms with van der Waals surface area (Å²) in [4.78, 5) is 11.6. The summed E-state index contributed by atoms with van der Waals surface area (Å²) >= 11 is 4.05. The maximum Gasteiger partial charge on any atom is 0.223 e. The Balaban J connectivity index is 2.27. The fourth-order valence-corrected chi connectivity index (χ4v) is 2.29. The molecule has 0 aromatic rings. The van der Waals surface area contributed by atoms with E-state index in [4.69, 9.17) is 0 Å². The maximum absolute atomic E-state index is 11.6. The fourth-order valence-electron chi connectivity index (χ4n) is 2.18. The van der Waals surface area contributed by atoms with Crippen LogP contribution in [0.15, 0.2) is 0 Å². The van der Waals surface area contributed by atoms with Gasteiger partial charge in [0.15, 0.2) is 0 Å². The van der Waals surface area contributed by atoms with Crippen molar-refractivity contribution in [3.05, 3.63) is 0 Å². The van der Waals surface area contributed by atoms with Crippen LogP contribution in [-0.2, 0) is 4.79 Å². The summed E-state index contributed by atoms with van der Waals surface area (Å²) in [7, 11) is 0. The van der Waals surface area contributed by atoms with Gasteiger partial charge in [0.25, 0.3) is 0 Å². The molecule has 1 aliphatic carbocycles. The lowest BCUT2D eigenvalue weighted by Gasteiger charge is -2.44. The molecule has 1 saturated carbocycles. The lowest BCUT2D eigenvalue weighted by atomic mass is 9.66. The third-order valence-corrected chi connectivity index (χ3v) is 3.60. The molecule has 4 heteroatoms. The zero-order valence-electron chi connectivity index (χ0n) is 11.1. The standard InChI is InChI=1S/C13H25NO2S/c1-12(2,3)4-5-13(16)8-10(9-13)11(15)14-6-7-17/h10,16-17H,4-9H2,1-3H3,(H,14,15). The van der Waals surface area contributed by atoms with Crippen molar-refractivity contribution in [1.82, 2.24) is 5.32 Å². The molecule has 0 aromatic heterocycles. The minimum absolute atomic E-state index is 0.000137. The van der Waals surface area contributed by atoms with Crippen molar-refractivity contribution in [3.8, 4) is 0 Å². The first-order valence-corrected chi connectivity index (χ1v) is 7.00. The Morgan fingerprint density at radius 3 is 2.53 bits per heavy atom. The number of carbonyl (C=O) groups excluding carboxylic acids is 1. The second kappa shape index (κ2) is 5.61. The average Bonchev–Trinajstić information content (AvgIpc) is 2.18. The van der Waals surface area contributed by atoms with Crippen LogP contribution in [-0.4, -0.2) is 28.9 Å². The topological polar surface area (TPSA) is 49.3 Å². The molecule has 0 aliphatic heterocycles. The van der Waals surface area contributed by atoms with Gasteiger partial charge in [-0.25, -0.2) is 0 Å². The molecule has 1 amide bonds. The average molecular weight is 259 g/mol. The van der Waals surface area contributed by atoms with Crippen LogP contribution in [0.4, 0.5) is 0 Å². The second-order valence-electron chi connectivity index (χ2n) is 6.40. The van der Waals surface area contributed by atoms with Gasteiger partial charge in [-0.1, -0.05) is 20.8 Å². The van der Waals surface area contributed by atoms with E-state index in [2.05, 4.69) is 38.7 Å². The summed E-state index contributed by atoms with van der Waals surface area (Å²) in [5.41, 5.74) is -0.356. The van der Waals surface area contributed by atoms with Crippen LogP contribution in [0.3, 0.4) is 0 Å². The smallest absolute Gasteiger partial charge is 0.223 e. The Morgan fingerprint density at radius 2 is 2.06 bits per heavy atom. The minimum Gasteiger partial charge on any atom is -0.390 e. The Kier molecular flexibility index (Phi) is 4.90. The molecule has 2 N–H and O–H groups in total.